The van der Waals surface area contributed by atoms with Gasteiger partial charge >= 0.3 is 0 Å². The molecule has 102 valence electrons. The molecule has 2 N–H and O–H groups in total. The molecule has 1 atom stereocenters. The summed E-state index contributed by atoms with van der Waals surface area (Å²) in [6.07, 6.45) is 1.34. The molecule has 1 heterocycles. The highest BCUT2D eigenvalue weighted by Crippen LogP contribution is 2.06. The summed E-state index contributed by atoms with van der Waals surface area (Å²) in [5.74, 6) is 0.425. The molecular weight excluding hydrogens is 232 g/mol. The van der Waals surface area contributed by atoms with E-state index in [1.807, 2.05) is 18.4 Å². The number of aliphatic hydroxyl groups excluding tert-OH is 1. The second kappa shape index (κ2) is 6.49. The maximum atomic E-state index is 11.5. The van der Waals surface area contributed by atoms with Gasteiger partial charge in [-0.2, -0.15) is 0 Å². The lowest BCUT2D eigenvalue weighted by atomic mass is 10.1. The molecule has 1 amide bonds. The van der Waals surface area contributed by atoms with Crippen LogP contribution < -0.4 is 5.32 Å². The first-order valence-electron chi connectivity index (χ1n) is 6.27. The standard InChI is InChI=1S/C12H22N4O2/c1-8(2)11(17)12(18)13-6-5-10-15-14-7-16(10)9(3)4/h7-9,11,17H,5-6H2,1-4H3,(H,13,18)/t11-/m0/s1. The van der Waals surface area contributed by atoms with Crippen molar-refractivity contribution in [2.24, 2.45) is 5.92 Å². The number of hydrogen-bond donors (Lipinski definition) is 2. The van der Waals surface area contributed by atoms with Gasteiger partial charge in [0.1, 0.15) is 18.3 Å². The topological polar surface area (TPSA) is 80.0 Å². The summed E-state index contributed by atoms with van der Waals surface area (Å²) < 4.78 is 1.96. The van der Waals surface area contributed by atoms with E-state index in [2.05, 4.69) is 15.5 Å². The van der Waals surface area contributed by atoms with Crippen LogP contribution in [-0.2, 0) is 11.2 Å². The van der Waals surface area contributed by atoms with E-state index in [-0.39, 0.29) is 11.8 Å². The molecule has 0 spiro atoms. The Morgan fingerprint density at radius 3 is 2.67 bits per heavy atom. The van der Waals surface area contributed by atoms with Crippen LogP contribution in [0.3, 0.4) is 0 Å². The van der Waals surface area contributed by atoms with Crippen LogP contribution in [0.2, 0.25) is 0 Å². The van der Waals surface area contributed by atoms with Crippen LogP contribution in [-0.4, -0.2) is 38.4 Å². The Bertz CT molecular complexity index is 387. The Hall–Kier alpha value is -1.43. The zero-order valence-corrected chi connectivity index (χ0v) is 11.4. The van der Waals surface area contributed by atoms with Crippen LogP contribution >= 0.6 is 0 Å². The van der Waals surface area contributed by atoms with E-state index < -0.39 is 6.10 Å². The second-order valence-electron chi connectivity index (χ2n) is 4.98. The first-order chi connectivity index (χ1) is 8.43. The van der Waals surface area contributed by atoms with Gasteiger partial charge in [-0.3, -0.25) is 4.79 Å². The third-order valence-electron chi connectivity index (χ3n) is 2.75. The van der Waals surface area contributed by atoms with E-state index in [4.69, 9.17) is 0 Å². The van der Waals surface area contributed by atoms with Gasteiger partial charge in [-0.1, -0.05) is 13.8 Å². The summed E-state index contributed by atoms with van der Waals surface area (Å²) in [6.45, 7) is 8.16. The predicted molar refractivity (Wildman–Crippen MR) is 68.0 cm³/mol. The van der Waals surface area contributed by atoms with E-state index in [0.717, 1.165) is 5.82 Å². The molecule has 0 bridgehead atoms. The number of hydrogen-bond acceptors (Lipinski definition) is 4. The lowest BCUT2D eigenvalue weighted by molar-refractivity contribution is -0.131. The number of carbonyl (C=O) groups excluding carboxylic acids is 1. The Morgan fingerprint density at radius 1 is 1.44 bits per heavy atom. The molecule has 0 unspecified atom stereocenters. The SMILES string of the molecule is CC(C)[C@H](O)C(=O)NCCc1nncn1C(C)C. The largest absolute Gasteiger partial charge is 0.383 e. The van der Waals surface area contributed by atoms with Crippen LogP contribution in [0.25, 0.3) is 0 Å². The Morgan fingerprint density at radius 2 is 2.11 bits per heavy atom. The first kappa shape index (κ1) is 14.6. The normalized spacial score (nSPS) is 13.1. The molecule has 0 radical (unpaired) electrons. The van der Waals surface area contributed by atoms with Crippen molar-refractivity contribution in [3.63, 3.8) is 0 Å². The highest BCUT2D eigenvalue weighted by molar-refractivity contribution is 5.80. The van der Waals surface area contributed by atoms with Crippen molar-refractivity contribution in [1.29, 1.82) is 0 Å². The van der Waals surface area contributed by atoms with Crippen molar-refractivity contribution in [3.05, 3.63) is 12.2 Å². The molecule has 6 nitrogen and oxygen atoms in total. The average molecular weight is 254 g/mol. The van der Waals surface area contributed by atoms with Crippen molar-refractivity contribution in [2.75, 3.05) is 6.54 Å². The first-order valence-corrected chi connectivity index (χ1v) is 6.27. The van der Waals surface area contributed by atoms with Crippen molar-refractivity contribution in [1.82, 2.24) is 20.1 Å². The fourth-order valence-corrected chi connectivity index (χ4v) is 1.58. The number of rotatable bonds is 6. The smallest absolute Gasteiger partial charge is 0.249 e. The summed E-state index contributed by atoms with van der Waals surface area (Å²) in [5.41, 5.74) is 0. The molecule has 18 heavy (non-hydrogen) atoms. The molecule has 0 saturated heterocycles. The van der Waals surface area contributed by atoms with E-state index in [1.165, 1.54) is 0 Å². The molecule has 0 aromatic carbocycles. The Kier molecular flexibility index (Phi) is 5.27. The van der Waals surface area contributed by atoms with Gasteiger partial charge in [0, 0.05) is 19.0 Å². The van der Waals surface area contributed by atoms with Gasteiger partial charge in [0.25, 0.3) is 0 Å². The molecule has 1 aromatic heterocycles. The molecule has 6 heteroatoms. The molecule has 0 fully saturated rings. The van der Waals surface area contributed by atoms with Gasteiger partial charge in [0.2, 0.25) is 5.91 Å². The molecule has 0 aliphatic rings. The third kappa shape index (κ3) is 3.80. The third-order valence-corrected chi connectivity index (χ3v) is 2.75. The maximum Gasteiger partial charge on any atom is 0.249 e. The van der Waals surface area contributed by atoms with E-state index in [0.29, 0.717) is 19.0 Å². The van der Waals surface area contributed by atoms with Crippen molar-refractivity contribution in [2.45, 2.75) is 46.3 Å². The van der Waals surface area contributed by atoms with Crippen molar-refractivity contribution in [3.8, 4) is 0 Å². The van der Waals surface area contributed by atoms with Crippen LogP contribution in [0.15, 0.2) is 6.33 Å². The number of amides is 1. The van der Waals surface area contributed by atoms with Gasteiger partial charge in [-0.15, -0.1) is 10.2 Å². The van der Waals surface area contributed by atoms with Crippen LogP contribution in [0, 0.1) is 5.92 Å². The lowest BCUT2D eigenvalue weighted by Gasteiger charge is -2.14. The van der Waals surface area contributed by atoms with Gasteiger partial charge in [-0.05, 0) is 19.8 Å². The fourth-order valence-electron chi connectivity index (χ4n) is 1.58. The Labute approximate surface area is 107 Å². The predicted octanol–water partition coefficient (Wildman–Crippen LogP) is 0.535. The molecule has 1 aromatic rings. The van der Waals surface area contributed by atoms with Gasteiger partial charge in [0.15, 0.2) is 0 Å². The monoisotopic (exact) mass is 254 g/mol. The minimum atomic E-state index is -0.951. The summed E-state index contributed by atoms with van der Waals surface area (Å²) in [5, 5.41) is 20.1. The van der Waals surface area contributed by atoms with Crippen LogP contribution in [0.5, 0.6) is 0 Å². The Balaban J connectivity index is 2.42. The number of carbonyl (C=O) groups is 1. The van der Waals surface area contributed by atoms with Crippen LogP contribution in [0.4, 0.5) is 0 Å². The summed E-state index contributed by atoms with van der Waals surface area (Å²) in [6, 6.07) is 0.298. The lowest BCUT2D eigenvalue weighted by Crippen LogP contribution is -2.38. The van der Waals surface area contributed by atoms with E-state index in [9.17, 15) is 9.90 Å². The average Bonchev–Trinajstić information content (AvgIpc) is 2.76. The van der Waals surface area contributed by atoms with Gasteiger partial charge < -0.3 is 15.0 Å². The van der Waals surface area contributed by atoms with Crippen LogP contribution in [0.1, 0.15) is 39.6 Å². The second-order valence-corrected chi connectivity index (χ2v) is 4.98. The number of nitrogens with one attached hydrogen (secondary N) is 1. The van der Waals surface area contributed by atoms with Crippen molar-refractivity contribution >= 4 is 5.91 Å². The summed E-state index contributed by atoms with van der Waals surface area (Å²) in [4.78, 5) is 11.5. The molecular formula is C12H22N4O2. The molecule has 0 saturated carbocycles. The zero-order chi connectivity index (χ0) is 13.7. The number of aromatic nitrogens is 3. The fraction of sp³-hybridized carbons (Fsp3) is 0.750. The number of aliphatic hydroxyl groups is 1. The number of nitrogens with zero attached hydrogens (tertiary/aromatic N) is 3. The minimum Gasteiger partial charge on any atom is -0.383 e. The van der Waals surface area contributed by atoms with Gasteiger partial charge in [-0.25, -0.2) is 0 Å². The molecule has 1 rings (SSSR count). The minimum absolute atomic E-state index is 0.0793. The molecule has 0 aliphatic carbocycles. The summed E-state index contributed by atoms with van der Waals surface area (Å²) >= 11 is 0. The summed E-state index contributed by atoms with van der Waals surface area (Å²) in [7, 11) is 0. The van der Waals surface area contributed by atoms with Gasteiger partial charge in [0.05, 0.1) is 0 Å². The van der Waals surface area contributed by atoms with E-state index >= 15 is 0 Å². The zero-order valence-electron chi connectivity index (χ0n) is 11.4. The quantitative estimate of drug-likeness (QED) is 0.776. The van der Waals surface area contributed by atoms with E-state index in [1.54, 1.807) is 20.2 Å². The van der Waals surface area contributed by atoms with Crippen molar-refractivity contribution < 1.29 is 9.90 Å². The maximum absolute atomic E-state index is 11.5. The molecule has 0 aliphatic heterocycles. The highest BCUT2D eigenvalue weighted by atomic mass is 16.3. The highest BCUT2D eigenvalue weighted by Gasteiger charge is 2.18.